The molecule has 0 amide bonds. The van der Waals surface area contributed by atoms with Crippen LogP contribution in [0.3, 0.4) is 0 Å². The number of halogens is 1. The minimum Gasteiger partial charge on any atom is -0.478 e. The fourth-order valence-electron chi connectivity index (χ4n) is 1.17. The summed E-state index contributed by atoms with van der Waals surface area (Å²) in [7, 11) is 0. The monoisotopic (exact) mass is 257 g/mol. The Morgan fingerprint density at radius 1 is 1.43 bits per heavy atom. The molecule has 3 heteroatoms. The van der Waals surface area contributed by atoms with Crippen molar-refractivity contribution in [3.63, 3.8) is 0 Å². The first-order chi connectivity index (χ1) is 6.76. The van der Waals surface area contributed by atoms with Gasteiger partial charge in [0.1, 0.15) is 0 Å². The van der Waals surface area contributed by atoms with E-state index in [1.807, 2.05) is 25.1 Å². The van der Waals surface area contributed by atoms with Crippen molar-refractivity contribution in [3.8, 4) is 5.88 Å². The smallest absolute Gasteiger partial charge is 0.213 e. The summed E-state index contributed by atoms with van der Waals surface area (Å²) in [5, 5.41) is 0. The Balaban J connectivity index is 2.63. The van der Waals surface area contributed by atoms with Crippen molar-refractivity contribution >= 4 is 15.9 Å². The second kappa shape index (κ2) is 6.02. The van der Waals surface area contributed by atoms with Gasteiger partial charge in [-0.3, -0.25) is 0 Å². The van der Waals surface area contributed by atoms with E-state index in [4.69, 9.17) is 4.74 Å². The van der Waals surface area contributed by atoms with Crippen molar-refractivity contribution in [1.29, 1.82) is 0 Å². The van der Waals surface area contributed by atoms with Gasteiger partial charge in [0.15, 0.2) is 0 Å². The van der Waals surface area contributed by atoms with Crippen LogP contribution in [-0.4, -0.2) is 16.4 Å². The van der Waals surface area contributed by atoms with Crippen LogP contribution in [0.1, 0.15) is 26.0 Å². The Morgan fingerprint density at radius 2 is 2.21 bits per heavy atom. The highest BCUT2D eigenvalue weighted by molar-refractivity contribution is 9.09. The molecule has 0 spiro atoms. The number of alkyl halides is 1. The average molecular weight is 258 g/mol. The van der Waals surface area contributed by atoms with Crippen LogP contribution in [0.15, 0.2) is 18.2 Å². The molecule has 78 valence electrons. The van der Waals surface area contributed by atoms with Crippen LogP contribution in [0.5, 0.6) is 5.88 Å². The molecule has 0 N–H and O–H groups in total. The van der Waals surface area contributed by atoms with E-state index in [1.54, 1.807) is 0 Å². The third-order valence-corrected chi connectivity index (χ3v) is 2.92. The third-order valence-electron chi connectivity index (χ3n) is 1.95. The molecule has 14 heavy (non-hydrogen) atoms. The van der Waals surface area contributed by atoms with E-state index in [-0.39, 0.29) is 0 Å². The molecule has 1 heterocycles. The van der Waals surface area contributed by atoms with Gasteiger partial charge < -0.3 is 4.74 Å². The summed E-state index contributed by atoms with van der Waals surface area (Å²) < 4.78 is 5.34. The standard InChI is InChI=1S/C11H16BrNO/c1-3-9(12)8-10-6-5-7-11(13-10)14-4-2/h5-7,9H,3-4,8H2,1-2H3. The predicted octanol–water partition coefficient (Wildman–Crippen LogP) is 3.20. The molecule has 1 unspecified atom stereocenters. The molecule has 0 aromatic carbocycles. The predicted molar refractivity (Wildman–Crippen MR) is 62.1 cm³/mol. The summed E-state index contributed by atoms with van der Waals surface area (Å²) in [6, 6.07) is 5.91. The zero-order valence-electron chi connectivity index (χ0n) is 8.66. The SMILES string of the molecule is CCOc1cccc(CC(Br)CC)n1. The van der Waals surface area contributed by atoms with E-state index < -0.39 is 0 Å². The molecule has 0 radical (unpaired) electrons. The maximum atomic E-state index is 5.34. The molecular formula is C11H16BrNO. The summed E-state index contributed by atoms with van der Waals surface area (Å²) in [5.74, 6) is 0.723. The number of aromatic nitrogens is 1. The van der Waals surface area contributed by atoms with Crippen LogP contribution >= 0.6 is 15.9 Å². The number of hydrogen-bond donors (Lipinski definition) is 0. The molecule has 0 aliphatic heterocycles. The zero-order valence-corrected chi connectivity index (χ0v) is 10.3. The van der Waals surface area contributed by atoms with E-state index >= 15 is 0 Å². The molecule has 1 rings (SSSR count). The van der Waals surface area contributed by atoms with Gasteiger partial charge in [-0.25, -0.2) is 4.98 Å². The van der Waals surface area contributed by atoms with Gasteiger partial charge in [0.2, 0.25) is 5.88 Å². The lowest BCUT2D eigenvalue weighted by atomic mass is 10.2. The molecule has 0 fully saturated rings. The van der Waals surface area contributed by atoms with E-state index in [1.165, 1.54) is 0 Å². The van der Waals surface area contributed by atoms with Crippen LogP contribution in [0.25, 0.3) is 0 Å². The maximum Gasteiger partial charge on any atom is 0.213 e. The zero-order chi connectivity index (χ0) is 10.4. The summed E-state index contributed by atoms with van der Waals surface area (Å²) in [6.45, 7) is 4.79. The number of ether oxygens (including phenoxy) is 1. The third kappa shape index (κ3) is 3.66. The van der Waals surface area contributed by atoms with Gasteiger partial charge >= 0.3 is 0 Å². The number of rotatable bonds is 5. The first-order valence-electron chi connectivity index (χ1n) is 4.99. The average Bonchev–Trinajstić information content (AvgIpc) is 2.19. The normalized spacial score (nSPS) is 12.5. The summed E-state index contributed by atoms with van der Waals surface area (Å²) in [4.78, 5) is 4.90. The highest BCUT2D eigenvalue weighted by Gasteiger charge is 2.04. The van der Waals surface area contributed by atoms with Crippen molar-refractivity contribution in [1.82, 2.24) is 4.98 Å². The Bertz CT molecular complexity index is 278. The van der Waals surface area contributed by atoms with Crippen LogP contribution < -0.4 is 4.74 Å². The molecule has 2 nitrogen and oxygen atoms in total. The van der Waals surface area contributed by atoms with E-state index in [0.717, 1.165) is 24.4 Å². The number of pyridine rings is 1. The number of nitrogens with zero attached hydrogens (tertiary/aromatic N) is 1. The lowest BCUT2D eigenvalue weighted by Gasteiger charge is -2.07. The highest BCUT2D eigenvalue weighted by atomic mass is 79.9. The second-order valence-corrected chi connectivity index (χ2v) is 4.40. The van der Waals surface area contributed by atoms with Gasteiger partial charge in [0.05, 0.1) is 6.61 Å². The fraction of sp³-hybridized carbons (Fsp3) is 0.545. The molecule has 0 aliphatic carbocycles. The summed E-state index contributed by atoms with van der Waals surface area (Å²) in [6.07, 6.45) is 2.07. The Morgan fingerprint density at radius 3 is 2.86 bits per heavy atom. The van der Waals surface area contributed by atoms with Gasteiger partial charge in [-0.2, -0.15) is 0 Å². The van der Waals surface area contributed by atoms with Gasteiger partial charge in [-0.1, -0.05) is 28.9 Å². The minimum atomic E-state index is 0.506. The van der Waals surface area contributed by atoms with Gasteiger partial charge in [0, 0.05) is 23.0 Å². The second-order valence-electron chi connectivity index (χ2n) is 3.11. The molecule has 1 atom stereocenters. The first kappa shape index (κ1) is 11.5. The van der Waals surface area contributed by atoms with Crippen LogP contribution in [0.4, 0.5) is 0 Å². The molecule has 0 saturated heterocycles. The van der Waals surface area contributed by atoms with Crippen LogP contribution in [0, 0.1) is 0 Å². The van der Waals surface area contributed by atoms with Crippen LogP contribution in [0.2, 0.25) is 0 Å². The Kier molecular flexibility index (Phi) is 4.94. The molecule has 0 bridgehead atoms. The quantitative estimate of drug-likeness (QED) is 0.756. The van der Waals surface area contributed by atoms with E-state index in [0.29, 0.717) is 11.4 Å². The lowest BCUT2D eigenvalue weighted by molar-refractivity contribution is 0.326. The van der Waals surface area contributed by atoms with E-state index in [2.05, 4.69) is 27.8 Å². The van der Waals surface area contributed by atoms with E-state index in [9.17, 15) is 0 Å². The van der Waals surface area contributed by atoms with Crippen molar-refractivity contribution in [3.05, 3.63) is 23.9 Å². The highest BCUT2D eigenvalue weighted by Crippen LogP contribution is 2.14. The largest absolute Gasteiger partial charge is 0.478 e. The molecule has 1 aromatic heterocycles. The molecule has 0 saturated carbocycles. The first-order valence-corrected chi connectivity index (χ1v) is 5.90. The fourth-order valence-corrected chi connectivity index (χ4v) is 1.50. The molecule has 1 aromatic rings. The molecular weight excluding hydrogens is 242 g/mol. The van der Waals surface area contributed by atoms with Gasteiger partial charge in [-0.15, -0.1) is 0 Å². The van der Waals surface area contributed by atoms with Gasteiger partial charge in [-0.05, 0) is 19.4 Å². The number of hydrogen-bond acceptors (Lipinski definition) is 2. The van der Waals surface area contributed by atoms with Crippen molar-refractivity contribution in [2.24, 2.45) is 0 Å². The van der Waals surface area contributed by atoms with Crippen molar-refractivity contribution in [2.75, 3.05) is 6.61 Å². The Labute approximate surface area is 93.8 Å². The topological polar surface area (TPSA) is 22.1 Å². The Hall–Kier alpha value is -0.570. The van der Waals surface area contributed by atoms with Gasteiger partial charge in [0.25, 0.3) is 0 Å². The van der Waals surface area contributed by atoms with Crippen molar-refractivity contribution in [2.45, 2.75) is 31.5 Å². The van der Waals surface area contributed by atoms with Crippen LogP contribution in [-0.2, 0) is 6.42 Å². The lowest BCUT2D eigenvalue weighted by Crippen LogP contribution is -2.04. The van der Waals surface area contributed by atoms with Crippen molar-refractivity contribution < 1.29 is 4.74 Å². The maximum absolute atomic E-state index is 5.34. The minimum absolute atomic E-state index is 0.506. The summed E-state index contributed by atoms with van der Waals surface area (Å²) >= 11 is 3.60. The summed E-state index contributed by atoms with van der Waals surface area (Å²) in [5.41, 5.74) is 1.08. The molecule has 0 aliphatic rings.